The third kappa shape index (κ3) is 3.68. The minimum Gasteiger partial charge on any atom is -0.344 e. The first-order chi connectivity index (χ1) is 8.47. The summed E-state index contributed by atoms with van der Waals surface area (Å²) in [7, 11) is 3.64. The topological polar surface area (TPSA) is 54.3 Å². The van der Waals surface area contributed by atoms with Crippen molar-refractivity contribution in [1.29, 1.82) is 0 Å². The van der Waals surface area contributed by atoms with Gasteiger partial charge >= 0.3 is 4.87 Å². The predicted molar refractivity (Wildman–Crippen MR) is 74.2 cm³/mol. The molecule has 0 unspecified atom stereocenters. The summed E-state index contributed by atoms with van der Waals surface area (Å²) in [5.41, 5.74) is 0.968. The van der Waals surface area contributed by atoms with E-state index in [9.17, 15) is 9.59 Å². The summed E-state index contributed by atoms with van der Waals surface area (Å²) in [6, 6.07) is 0. The van der Waals surface area contributed by atoms with Gasteiger partial charge < -0.3 is 14.8 Å². The van der Waals surface area contributed by atoms with Crippen molar-refractivity contribution in [3.8, 4) is 0 Å². The molecule has 0 aliphatic heterocycles. The van der Waals surface area contributed by atoms with Gasteiger partial charge in [0, 0.05) is 43.7 Å². The van der Waals surface area contributed by atoms with Gasteiger partial charge in [0.15, 0.2) is 0 Å². The maximum absolute atomic E-state index is 11.8. The second-order valence-electron chi connectivity index (χ2n) is 4.33. The number of thiazole rings is 1. The van der Waals surface area contributed by atoms with Crippen molar-refractivity contribution in [2.45, 2.75) is 26.8 Å². The number of amides is 1. The molecule has 5 nitrogen and oxygen atoms in total. The Morgan fingerprint density at radius 1 is 1.44 bits per heavy atom. The fourth-order valence-corrected chi connectivity index (χ4v) is 2.51. The molecule has 1 N–H and O–H groups in total. The molecule has 1 aromatic rings. The number of aryl methyl sites for hydroxylation is 1. The molecule has 1 rings (SSSR count). The third-order valence-electron chi connectivity index (χ3n) is 3.05. The molecule has 0 saturated heterocycles. The van der Waals surface area contributed by atoms with Crippen LogP contribution in [0, 0.1) is 13.8 Å². The zero-order chi connectivity index (χ0) is 13.7. The number of nitrogens with zero attached hydrogens (tertiary/aromatic N) is 2. The van der Waals surface area contributed by atoms with E-state index in [0.29, 0.717) is 19.5 Å². The number of carbonyl (C=O) groups excluding carboxylic acids is 1. The van der Waals surface area contributed by atoms with Gasteiger partial charge in [-0.05, 0) is 20.9 Å². The summed E-state index contributed by atoms with van der Waals surface area (Å²) < 4.78 is 1.68. The molecule has 0 bridgehead atoms. The van der Waals surface area contributed by atoms with E-state index in [0.717, 1.165) is 17.1 Å². The lowest BCUT2D eigenvalue weighted by molar-refractivity contribution is -0.130. The van der Waals surface area contributed by atoms with Crippen LogP contribution in [0.5, 0.6) is 0 Å². The standard InChI is InChI=1S/C12H21N3O2S/c1-9-10(2)18-12(17)15(9)7-5-11(16)14(4)8-6-13-3/h13H,5-8H2,1-4H3. The normalized spacial score (nSPS) is 10.7. The van der Waals surface area contributed by atoms with Crippen LogP contribution in [-0.2, 0) is 11.3 Å². The quantitative estimate of drug-likeness (QED) is 0.824. The van der Waals surface area contributed by atoms with Gasteiger partial charge in [-0.15, -0.1) is 0 Å². The molecule has 0 aromatic carbocycles. The van der Waals surface area contributed by atoms with Crippen LogP contribution < -0.4 is 10.2 Å². The van der Waals surface area contributed by atoms with Crippen molar-refractivity contribution in [2.75, 3.05) is 27.2 Å². The summed E-state index contributed by atoms with van der Waals surface area (Å²) >= 11 is 1.24. The second-order valence-corrected chi connectivity index (χ2v) is 5.50. The number of rotatable bonds is 6. The maximum atomic E-state index is 11.8. The molecular formula is C12H21N3O2S. The molecule has 0 spiro atoms. The number of hydrogen-bond acceptors (Lipinski definition) is 4. The van der Waals surface area contributed by atoms with Gasteiger partial charge in [0.1, 0.15) is 0 Å². The third-order valence-corrected chi connectivity index (χ3v) is 4.04. The Labute approximate surface area is 111 Å². The van der Waals surface area contributed by atoms with Gasteiger partial charge in [0.2, 0.25) is 5.91 Å². The molecule has 0 aliphatic rings. The molecule has 0 radical (unpaired) electrons. The second kappa shape index (κ2) is 6.70. The number of carbonyl (C=O) groups is 1. The zero-order valence-electron chi connectivity index (χ0n) is 11.4. The van der Waals surface area contributed by atoms with Crippen LogP contribution >= 0.6 is 11.3 Å². The van der Waals surface area contributed by atoms with Gasteiger partial charge in [-0.3, -0.25) is 9.59 Å². The molecular weight excluding hydrogens is 250 g/mol. The Morgan fingerprint density at radius 3 is 2.61 bits per heavy atom. The molecule has 0 fully saturated rings. The first-order valence-corrected chi connectivity index (χ1v) is 6.84. The Balaban J connectivity index is 2.55. The molecule has 1 heterocycles. The van der Waals surface area contributed by atoms with E-state index in [-0.39, 0.29) is 10.8 Å². The number of aromatic nitrogens is 1. The fraction of sp³-hybridized carbons (Fsp3) is 0.667. The van der Waals surface area contributed by atoms with E-state index in [2.05, 4.69) is 5.32 Å². The average Bonchev–Trinajstić information content (AvgIpc) is 2.58. The lowest BCUT2D eigenvalue weighted by Gasteiger charge is -2.17. The van der Waals surface area contributed by atoms with Crippen LogP contribution in [0.25, 0.3) is 0 Å². The van der Waals surface area contributed by atoms with Crippen LogP contribution in [0.15, 0.2) is 4.79 Å². The number of nitrogens with one attached hydrogen (secondary N) is 1. The lowest BCUT2D eigenvalue weighted by atomic mass is 10.3. The highest BCUT2D eigenvalue weighted by molar-refractivity contribution is 7.09. The van der Waals surface area contributed by atoms with E-state index >= 15 is 0 Å². The smallest absolute Gasteiger partial charge is 0.307 e. The van der Waals surface area contributed by atoms with Crippen molar-refractivity contribution in [2.24, 2.45) is 0 Å². The summed E-state index contributed by atoms with van der Waals surface area (Å²) in [5, 5.41) is 3.00. The maximum Gasteiger partial charge on any atom is 0.307 e. The van der Waals surface area contributed by atoms with Crippen LogP contribution in [0.2, 0.25) is 0 Å². The Hall–Kier alpha value is -1.14. The van der Waals surface area contributed by atoms with Crippen molar-refractivity contribution < 1.29 is 4.79 Å². The van der Waals surface area contributed by atoms with Crippen molar-refractivity contribution in [3.63, 3.8) is 0 Å². The molecule has 6 heteroatoms. The first-order valence-electron chi connectivity index (χ1n) is 6.02. The molecule has 1 amide bonds. The van der Waals surface area contributed by atoms with Gasteiger partial charge in [0.25, 0.3) is 0 Å². The van der Waals surface area contributed by atoms with Gasteiger partial charge in [-0.25, -0.2) is 0 Å². The molecule has 18 heavy (non-hydrogen) atoms. The molecule has 1 aromatic heterocycles. The molecule has 0 atom stereocenters. The SMILES string of the molecule is CNCCN(C)C(=O)CCn1c(C)c(C)sc1=O. The Morgan fingerprint density at radius 2 is 2.11 bits per heavy atom. The van der Waals surface area contributed by atoms with Crippen LogP contribution in [0.1, 0.15) is 17.0 Å². The van der Waals surface area contributed by atoms with E-state index < -0.39 is 0 Å². The summed E-state index contributed by atoms with van der Waals surface area (Å²) in [5.74, 6) is 0.0698. The Bertz CT molecular complexity index is 464. The number of hydrogen-bond donors (Lipinski definition) is 1. The highest BCUT2D eigenvalue weighted by Crippen LogP contribution is 2.09. The van der Waals surface area contributed by atoms with Crippen molar-refractivity contribution >= 4 is 17.2 Å². The van der Waals surface area contributed by atoms with Gasteiger partial charge in [-0.1, -0.05) is 11.3 Å². The highest BCUT2D eigenvalue weighted by atomic mass is 32.1. The van der Waals surface area contributed by atoms with Gasteiger partial charge in [0.05, 0.1) is 0 Å². The predicted octanol–water partition coefficient (Wildman–Crippen LogP) is 0.595. The van der Waals surface area contributed by atoms with E-state index in [1.54, 1.807) is 16.5 Å². The molecule has 0 saturated carbocycles. The minimum absolute atomic E-state index is 0.0238. The van der Waals surface area contributed by atoms with Crippen molar-refractivity contribution in [3.05, 3.63) is 20.2 Å². The monoisotopic (exact) mass is 271 g/mol. The van der Waals surface area contributed by atoms with Crippen LogP contribution in [0.3, 0.4) is 0 Å². The largest absolute Gasteiger partial charge is 0.344 e. The van der Waals surface area contributed by atoms with Crippen LogP contribution in [0.4, 0.5) is 0 Å². The molecule has 0 aliphatic carbocycles. The minimum atomic E-state index is 0.0238. The van der Waals surface area contributed by atoms with E-state index in [4.69, 9.17) is 0 Å². The highest BCUT2D eigenvalue weighted by Gasteiger charge is 2.11. The van der Waals surface area contributed by atoms with E-state index in [1.807, 2.05) is 20.9 Å². The van der Waals surface area contributed by atoms with Gasteiger partial charge in [-0.2, -0.15) is 0 Å². The lowest BCUT2D eigenvalue weighted by Crippen LogP contribution is -2.33. The average molecular weight is 271 g/mol. The summed E-state index contributed by atoms with van der Waals surface area (Å²) in [6.45, 7) is 5.78. The summed E-state index contributed by atoms with van der Waals surface area (Å²) in [6.07, 6.45) is 0.372. The Kier molecular flexibility index (Phi) is 5.55. The summed E-state index contributed by atoms with van der Waals surface area (Å²) in [4.78, 5) is 26.2. The van der Waals surface area contributed by atoms with Crippen LogP contribution in [-0.4, -0.2) is 42.6 Å². The zero-order valence-corrected chi connectivity index (χ0v) is 12.3. The van der Waals surface area contributed by atoms with Crippen molar-refractivity contribution in [1.82, 2.24) is 14.8 Å². The number of likely N-dealkylation sites (N-methyl/N-ethyl adjacent to an activating group) is 2. The molecule has 102 valence electrons. The first kappa shape index (κ1) is 14.9. The van der Waals surface area contributed by atoms with E-state index in [1.165, 1.54) is 11.3 Å². The fourth-order valence-electron chi connectivity index (χ4n) is 1.65.